The molecule has 2 saturated heterocycles. The Morgan fingerprint density at radius 3 is 2.40 bits per heavy atom. The van der Waals surface area contributed by atoms with Gasteiger partial charge in [-0.3, -0.25) is 0 Å². The summed E-state index contributed by atoms with van der Waals surface area (Å²) in [5.74, 6) is 0.819. The number of anilines is 2. The van der Waals surface area contributed by atoms with E-state index in [9.17, 15) is 4.79 Å². The van der Waals surface area contributed by atoms with Crippen LogP contribution in [-0.2, 0) is 4.74 Å². The van der Waals surface area contributed by atoms with Gasteiger partial charge in [0.15, 0.2) is 0 Å². The Bertz CT molecular complexity index is 638. The van der Waals surface area contributed by atoms with Crippen molar-refractivity contribution in [3.63, 3.8) is 0 Å². The normalized spacial score (nSPS) is 19.5. The van der Waals surface area contributed by atoms with Crippen molar-refractivity contribution in [2.45, 2.75) is 39.2 Å². The van der Waals surface area contributed by atoms with Crippen molar-refractivity contribution in [3.8, 4) is 5.75 Å². The quantitative estimate of drug-likeness (QED) is 0.833. The number of carbonyl (C=O) groups is 1. The number of nitrogens with two attached hydrogens (primary N) is 1. The first-order valence-electron chi connectivity index (χ1n) is 8.88. The molecule has 2 heterocycles. The zero-order chi connectivity index (χ0) is 18.2. The topological polar surface area (TPSA) is 68.0 Å². The van der Waals surface area contributed by atoms with Crippen molar-refractivity contribution in [2.75, 3.05) is 43.9 Å². The van der Waals surface area contributed by atoms with Crippen LogP contribution in [0.15, 0.2) is 18.2 Å². The van der Waals surface area contributed by atoms with Gasteiger partial charge in [0.1, 0.15) is 11.4 Å². The van der Waals surface area contributed by atoms with Crippen LogP contribution in [0.5, 0.6) is 5.75 Å². The van der Waals surface area contributed by atoms with E-state index in [1.54, 1.807) is 7.11 Å². The number of hydrogen-bond acceptors (Lipinski definition) is 5. The average Bonchev–Trinajstić information content (AvgIpc) is 2.51. The Kier molecular flexibility index (Phi) is 4.47. The van der Waals surface area contributed by atoms with Crippen LogP contribution in [0.25, 0.3) is 0 Å². The average molecular weight is 347 g/mol. The summed E-state index contributed by atoms with van der Waals surface area (Å²) in [6.45, 7) is 9.23. The largest absolute Gasteiger partial charge is 0.495 e. The molecule has 2 aliphatic rings. The van der Waals surface area contributed by atoms with Crippen LogP contribution in [0.1, 0.15) is 33.6 Å². The second-order valence-corrected chi connectivity index (χ2v) is 8.25. The molecule has 0 unspecified atom stereocenters. The van der Waals surface area contributed by atoms with Crippen LogP contribution >= 0.6 is 0 Å². The summed E-state index contributed by atoms with van der Waals surface area (Å²) in [4.78, 5) is 16.3. The maximum Gasteiger partial charge on any atom is 0.410 e. The van der Waals surface area contributed by atoms with Crippen LogP contribution < -0.4 is 15.4 Å². The van der Waals surface area contributed by atoms with Gasteiger partial charge in [-0.2, -0.15) is 0 Å². The molecule has 2 fully saturated rings. The third-order valence-corrected chi connectivity index (χ3v) is 5.07. The van der Waals surface area contributed by atoms with Gasteiger partial charge in [-0.25, -0.2) is 4.79 Å². The number of nitrogen functional groups attached to an aromatic ring is 1. The lowest BCUT2D eigenvalue weighted by molar-refractivity contribution is -0.0434. The lowest BCUT2D eigenvalue weighted by Crippen LogP contribution is -2.62. The minimum absolute atomic E-state index is 0.194. The Balaban J connectivity index is 1.56. The van der Waals surface area contributed by atoms with Gasteiger partial charge in [-0.05, 0) is 45.7 Å². The second kappa shape index (κ2) is 6.32. The molecular weight excluding hydrogens is 318 g/mol. The van der Waals surface area contributed by atoms with Crippen LogP contribution in [0, 0.1) is 5.41 Å². The number of methoxy groups -OCH3 is 1. The number of rotatable bonds is 2. The first-order chi connectivity index (χ1) is 11.7. The van der Waals surface area contributed by atoms with Gasteiger partial charge >= 0.3 is 6.09 Å². The zero-order valence-electron chi connectivity index (χ0n) is 15.7. The van der Waals surface area contributed by atoms with Gasteiger partial charge < -0.3 is 25.0 Å². The van der Waals surface area contributed by atoms with Crippen LogP contribution in [0.3, 0.4) is 0 Å². The Morgan fingerprint density at radius 1 is 1.20 bits per heavy atom. The number of likely N-dealkylation sites (tertiary alicyclic amines) is 1. The number of carbonyl (C=O) groups excluding carboxylic acids is 1. The highest BCUT2D eigenvalue weighted by Gasteiger charge is 2.48. The smallest absolute Gasteiger partial charge is 0.410 e. The molecule has 6 nitrogen and oxygen atoms in total. The standard InChI is InChI=1S/C19H29N3O3/c1-18(2,3)25-17(23)22-12-19(13-22)7-9-21(10-8-19)15-6-5-14(20)11-16(15)24-4/h5-6,11H,7-10,12-13,20H2,1-4H3. The minimum Gasteiger partial charge on any atom is -0.495 e. The summed E-state index contributed by atoms with van der Waals surface area (Å²) in [7, 11) is 1.67. The molecule has 138 valence electrons. The molecule has 6 heteroatoms. The van der Waals surface area contributed by atoms with Crippen LogP contribution in [0.2, 0.25) is 0 Å². The summed E-state index contributed by atoms with van der Waals surface area (Å²) in [6.07, 6.45) is 1.94. The lowest BCUT2D eigenvalue weighted by Gasteiger charge is -2.54. The predicted molar refractivity (Wildman–Crippen MR) is 99.1 cm³/mol. The van der Waals surface area contributed by atoms with Gasteiger partial charge in [0.05, 0.1) is 12.8 Å². The first kappa shape index (κ1) is 17.7. The number of nitrogens with zero attached hydrogens (tertiary/aromatic N) is 2. The SMILES string of the molecule is COc1cc(N)ccc1N1CCC2(CC1)CN(C(=O)OC(C)(C)C)C2. The fraction of sp³-hybridized carbons (Fsp3) is 0.632. The maximum absolute atomic E-state index is 12.1. The summed E-state index contributed by atoms with van der Waals surface area (Å²) < 4.78 is 10.9. The van der Waals surface area contributed by atoms with E-state index in [0.29, 0.717) is 5.69 Å². The zero-order valence-corrected chi connectivity index (χ0v) is 15.7. The lowest BCUT2D eigenvalue weighted by atomic mass is 9.72. The predicted octanol–water partition coefficient (Wildman–Crippen LogP) is 3.11. The van der Waals surface area contributed by atoms with Gasteiger partial charge in [0.2, 0.25) is 0 Å². The molecule has 0 saturated carbocycles. The van der Waals surface area contributed by atoms with E-state index < -0.39 is 5.60 Å². The molecule has 1 spiro atoms. The molecule has 1 aromatic carbocycles. The summed E-state index contributed by atoms with van der Waals surface area (Å²) in [6, 6.07) is 5.81. The molecule has 2 N–H and O–H groups in total. The monoisotopic (exact) mass is 347 g/mol. The van der Waals surface area contributed by atoms with E-state index in [1.807, 2.05) is 43.9 Å². The molecule has 2 aliphatic heterocycles. The fourth-order valence-electron chi connectivity index (χ4n) is 3.71. The Labute approximate surface area is 149 Å². The summed E-state index contributed by atoms with van der Waals surface area (Å²) in [5.41, 5.74) is 7.46. The van der Waals surface area contributed by atoms with Crippen molar-refractivity contribution < 1.29 is 14.3 Å². The molecule has 0 radical (unpaired) electrons. The third kappa shape index (κ3) is 3.78. The van der Waals surface area contributed by atoms with Crippen molar-refractivity contribution in [1.82, 2.24) is 4.90 Å². The van der Waals surface area contributed by atoms with Crippen molar-refractivity contribution in [1.29, 1.82) is 0 Å². The van der Waals surface area contributed by atoms with Gasteiger partial charge in [-0.15, -0.1) is 0 Å². The van der Waals surface area contributed by atoms with E-state index in [-0.39, 0.29) is 11.5 Å². The molecule has 0 aliphatic carbocycles. The van der Waals surface area contributed by atoms with Crippen LogP contribution in [-0.4, -0.2) is 49.9 Å². The summed E-state index contributed by atoms with van der Waals surface area (Å²) in [5, 5.41) is 0. The maximum atomic E-state index is 12.1. The van der Waals surface area contributed by atoms with Gasteiger partial charge in [0, 0.05) is 43.3 Å². The summed E-state index contributed by atoms with van der Waals surface area (Å²) >= 11 is 0. The highest BCUT2D eigenvalue weighted by molar-refractivity contribution is 5.69. The molecule has 0 aromatic heterocycles. The van der Waals surface area contributed by atoms with Gasteiger partial charge in [-0.1, -0.05) is 0 Å². The van der Waals surface area contributed by atoms with Crippen molar-refractivity contribution in [3.05, 3.63) is 18.2 Å². The number of amides is 1. The second-order valence-electron chi connectivity index (χ2n) is 8.25. The number of hydrogen-bond donors (Lipinski definition) is 1. The Morgan fingerprint density at radius 2 is 1.84 bits per heavy atom. The van der Waals surface area contributed by atoms with E-state index in [2.05, 4.69) is 4.90 Å². The molecule has 25 heavy (non-hydrogen) atoms. The molecule has 1 aromatic rings. The highest BCUT2D eigenvalue weighted by atomic mass is 16.6. The first-order valence-corrected chi connectivity index (χ1v) is 8.88. The van der Waals surface area contributed by atoms with Crippen LogP contribution in [0.4, 0.5) is 16.2 Å². The Hall–Kier alpha value is -2.11. The van der Waals surface area contributed by atoms with E-state index in [1.165, 1.54) is 0 Å². The minimum atomic E-state index is -0.436. The number of ether oxygens (including phenoxy) is 2. The van der Waals surface area contributed by atoms with Gasteiger partial charge in [0.25, 0.3) is 0 Å². The molecule has 0 atom stereocenters. The van der Waals surface area contributed by atoms with E-state index in [4.69, 9.17) is 15.2 Å². The number of benzene rings is 1. The van der Waals surface area contributed by atoms with E-state index in [0.717, 1.165) is 50.5 Å². The molecular formula is C19H29N3O3. The van der Waals surface area contributed by atoms with Crippen molar-refractivity contribution >= 4 is 17.5 Å². The highest BCUT2D eigenvalue weighted by Crippen LogP contribution is 2.43. The number of piperidine rings is 1. The van der Waals surface area contributed by atoms with Crippen molar-refractivity contribution in [2.24, 2.45) is 5.41 Å². The molecule has 0 bridgehead atoms. The fourth-order valence-corrected chi connectivity index (χ4v) is 3.71. The van der Waals surface area contributed by atoms with E-state index >= 15 is 0 Å². The third-order valence-electron chi connectivity index (χ3n) is 5.07. The molecule has 3 rings (SSSR count). The molecule has 1 amide bonds.